The number of amides is 1. The second-order valence-corrected chi connectivity index (χ2v) is 6.39. The fraction of sp³-hybridized carbons (Fsp3) is 0.500. The van der Waals surface area contributed by atoms with Gasteiger partial charge in [0.25, 0.3) is 0 Å². The van der Waals surface area contributed by atoms with E-state index in [0.717, 1.165) is 5.56 Å². The van der Waals surface area contributed by atoms with Crippen LogP contribution in [0.15, 0.2) is 23.1 Å². The van der Waals surface area contributed by atoms with Crippen molar-refractivity contribution in [1.29, 1.82) is 0 Å². The maximum atomic E-state index is 12.2. The Kier molecular flexibility index (Phi) is 5.71. The largest absolute Gasteiger partial charge is 0.342 e. The first-order chi connectivity index (χ1) is 9.31. The summed E-state index contributed by atoms with van der Waals surface area (Å²) in [5, 5.41) is 0. The van der Waals surface area contributed by atoms with E-state index in [0.29, 0.717) is 18.7 Å². The van der Waals surface area contributed by atoms with Crippen LogP contribution in [0, 0.1) is 13.8 Å². The number of benzene rings is 1. The van der Waals surface area contributed by atoms with Crippen molar-refractivity contribution < 1.29 is 13.2 Å². The van der Waals surface area contributed by atoms with Crippen molar-refractivity contribution in [2.75, 3.05) is 19.6 Å². The number of nitrogens with one attached hydrogen (secondary N) is 1. The Morgan fingerprint density at radius 1 is 1.20 bits per heavy atom. The Morgan fingerprint density at radius 3 is 2.30 bits per heavy atom. The Balaban J connectivity index is 2.83. The van der Waals surface area contributed by atoms with Crippen LogP contribution in [0.3, 0.4) is 0 Å². The van der Waals surface area contributed by atoms with E-state index < -0.39 is 10.0 Å². The number of rotatable bonds is 6. The average Bonchev–Trinajstić information content (AvgIpc) is 2.37. The van der Waals surface area contributed by atoms with Crippen molar-refractivity contribution >= 4 is 15.9 Å². The van der Waals surface area contributed by atoms with E-state index in [-0.39, 0.29) is 17.3 Å². The van der Waals surface area contributed by atoms with E-state index in [1.165, 1.54) is 0 Å². The highest BCUT2D eigenvalue weighted by Crippen LogP contribution is 2.16. The van der Waals surface area contributed by atoms with Crippen LogP contribution in [-0.2, 0) is 14.8 Å². The van der Waals surface area contributed by atoms with Gasteiger partial charge in [0.15, 0.2) is 0 Å². The van der Waals surface area contributed by atoms with Crippen LogP contribution < -0.4 is 4.72 Å². The van der Waals surface area contributed by atoms with Crippen molar-refractivity contribution in [1.82, 2.24) is 9.62 Å². The molecule has 112 valence electrons. The van der Waals surface area contributed by atoms with E-state index in [2.05, 4.69) is 4.72 Å². The van der Waals surface area contributed by atoms with Gasteiger partial charge in [0.05, 0.1) is 11.4 Å². The van der Waals surface area contributed by atoms with E-state index in [4.69, 9.17) is 0 Å². The molecule has 0 saturated carbocycles. The molecule has 0 radical (unpaired) electrons. The zero-order valence-electron chi connectivity index (χ0n) is 12.4. The summed E-state index contributed by atoms with van der Waals surface area (Å²) in [4.78, 5) is 13.6. The second kappa shape index (κ2) is 6.85. The molecule has 20 heavy (non-hydrogen) atoms. The molecule has 0 bridgehead atoms. The van der Waals surface area contributed by atoms with Gasteiger partial charge in [-0.3, -0.25) is 4.79 Å². The molecule has 0 aliphatic heterocycles. The highest BCUT2D eigenvalue weighted by molar-refractivity contribution is 7.89. The minimum absolute atomic E-state index is 0.211. The number of hydrogen-bond donors (Lipinski definition) is 1. The summed E-state index contributed by atoms with van der Waals surface area (Å²) in [5.74, 6) is -0.219. The first-order valence-corrected chi connectivity index (χ1v) is 8.14. The predicted molar refractivity (Wildman–Crippen MR) is 79.0 cm³/mol. The van der Waals surface area contributed by atoms with Gasteiger partial charge in [-0.25, -0.2) is 13.1 Å². The lowest BCUT2D eigenvalue weighted by Crippen LogP contribution is -2.40. The molecule has 0 fully saturated rings. The lowest BCUT2D eigenvalue weighted by Gasteiger charge is -2.19. The first kappa shape index (κ1) is 16.7. The molecule has 1 aromatic rings. The number of hydrogen-bond acceptors (Lipinski definition) is 3. The van der Waals surface area contributed by atoms with Crippen LogP contribution in [0.25, 0.3) is 0 Å². The molecule has 0 heterocycles. The highest BCUT2D eigenvalue weighted by atomic mass is 32.2. The summed E-state index contributed by atoms with van der Waals surface area (Å²) in [6, 6.07) is 5.11. The number of carbonyl (C=O) groups is 1. The normalized spacial score (nSPS) is 11.4. The number of sulfonamides is 1. The fourth-order valence-corrected chi connectivity index (χ4v) is 3.22. The Hall–Kier alpha value is -1.40. The van der Waals surface area contributed by atoms with Gasteiger partial charge in [-0.05, 0) is 39.3 Å². The molecule has 1 aromatic carbocycles. The molecule has 0 spiro atoms. The van der Waals surface area contributed by atoms with Gasteiger partial charge in [-0.2, -0.15) is 0 Å². The van der Waals surface area contributed by atoms with E-state index >= 15 is 0 Å². The van der Waals surface area contributed by atoms with Crippen LogP contribution in [0.4, 0.5) is 0 Å². The van der Waals surface area contributed by atoms with Gasteiger partial charge in [0.1, 0.15) is 0 Å². The SMILES string of the molecule is CCN(CC)C(=O)CNS(=O)(=O)c1ccc(C)cc1C. The molecule has 1 amide bonds. The second-order valence-electron chi connectivity index (χ2n) is 4.66. The first-order valence-electron chi connectivity index (χ1n) is 6.66. The fourth-order valence-electron chi connectivity index (χ4n) is 2.02. The number of nitrogens with zero attached hydrogens (tertiary/aromatic N) is 1. The number of carbonyl (C=O) groups excluding carboxylic acids is 1. The summed E-state index contributed by atoms with van der Waals surface area (Å²) in [6.07, 6.45) is 0. The van der Waals surface area contributed by atoms with E-state index in [1.807, 2.05) is 20.8 Å². The Morgan fingerprint density at radius 2 is 1.80 bits per heavy atom. The number of aryl methyl sites for hydroxylation is 2. The van der Waals surface area contributed by atoms with Crippen LogP contribution >= 0.6 is 0 Å². The Bertz CT molecular complexity index is 578. The van der Waals surface area contributed by atoms with Gasteiger partial charge in [0, 0.05) is 13.1 Å². The van der Waals surface area contributed by atoms with E-state index in [9.17, 15) is 13.2 Å². The topological polar surface area (TPSA) is 66.5 Å². The van der Waals surface area contributed by atoms with Gasteiger partial charge < -0.3 is 4.90 Å². The molecule has 0 aliphatic rings. The molecule has 0 unspecified atom stereocenters. The predicted octanol–water partition coefficient (Wildman–Crippen LogP) is 1.45. The summed E-state index contributed by atoms with van der Waals surface area (Å²) in [7, 11) is -3.65. The van der Waals surface area contributed by atoms with Crippen molar-refractivity contribution in [3.05, 3.63) is 29.3 Å². The molecule has 1 N–H and O–H groups in total. The average molecular weight is 298 g/mol. The van der Waals surface area contributed by atoms with Crippen LogP contribution in [-0.4, -0.2) is 38.9 Å². The highest BCUT2D eigenvalue weighted by Gasteiger charge is 2.19. The van der Waals surface area contributed by atoms with Gasteiger partial charge in [-0.1, -0.05) is 17.7 Å². The third-order valence-electron chi connectivity index (χ3n) is 3.15. The number of likely N-dealkylation sites (N-methyl/N-ethyl adjacent to an activating group) is 1. The smallest absolute Gasteiger partial charge is 0.241 e. The van der Waals surface area contributed by atoms with Gasteiger partial charge in [0.2, 0.25) is 15.9 Å². The monoisotopic (exact) mass is 298 g/mol. The quantitative estimate of drug-likeness (QED) is 0.864. The molecule has 0 atom stereocenters. The van der Waals surface area contributed by atoms with Gasteiger partial charge in [-0.15, -0.1) is 0 Å². The van der Waals surface area contributed by atoms with Crippen LogP contribution in [0.5, 0.6) is 0 Å². The summed E-state index contributed by atoms with van der Waals surface area (Å²) in [5.41, 5.74) is 1.67. The zero-order valence-corrected chi connectivity index (χ0v) is 13.3. The molecule has 6 heteroatoms. The van der Waals surface area contributed by atoms with Crippen molar-refractivity contribution in [2.24, 2.45) is 0 Å². The van der Waals surface area contributed by atoms with Crippen molar-refractivity contribution in [3.8, 4) is 0 Å². The third kappa shape index (κ3) is 4.05. The van der Waals surface area contributed by atoms with Crippen molar-refractivity contribution in [2.45, 2.75) is 32.6 Å². The maximum absolute atomic E-state index is 12.2. The summed E-state index contributed by atoms with van der Waals surface area (Å²) < 4.78 is 26.7. The molecular weight excluding hydrogens is 276 g/mol. The molecule has 0 aliphatic carbocycles. The molecule has 1 rings (SSSR count). The third-order valence-corrected chi connectivity index (χ3v) is 4.71. The molecular formula is C14H22N2O3S. The molecule has 5 nitrogen and oxygen atoms in total. The standard InChI is InChI=1S/C14H22N2O3S/c1-5-16(6-2)14(17)10-15-20(18,19)13-8-7-11(3)9-12(13)4/h7-9,15H,5-6,10H2,1-4H3. The van der Waals surface area contributed by atoms with E-state index in [1.54, 1.807) is 30.0 Å². The molecule has 0 saturated heterocycles. The summed E-state index contributed by atoms with van der Waals surface area (Å²) >= 11 is 0. The lowest BCUT2D eigenvalue weighted by molar-refractivity contribution is -0.129. The maximum Gasteiger partial charge on any atom is 0.241 e. The summed E-state index contributed by atoms with van der Waals surface area (Å²) in [6.45, 7) is 8.30. The van der Waals surface area contributed by atoms with Crippen LogP contribution in [0.1, 0.15) is 25.0 Å². The minimum atomic E-state index is -3.65. The zero-order chi connectivity index (χ0) is 15.3. The Labute approximate surface area is 121 Å². The van der Waals surface area contributed by atoms with Crippen LogP contribution in [0.2, 0.25) is 0 Å². The van der Waals surface area contributed by atoms with Crippen molar-refractivity contribution in [3.63, 3.8) is 0 Å². The molecule has 0 aromatic heterocycles. The van der Waals surface area contributed by atoms with Gasteiger partial charge >= 0.3 is 0 Å². The lowest BCUT2D eigenvalue weighted by atomic mass is 10.2. The minimum Gasteiger partial charge on any atom is -0.342 e.